The van der Waals surface area contributed by atoms with E-state index in [0.29, 0.717) is 12.2 Å². The van der Waals surface area contributed by atoms with E-state index in [1.807, 2.05) is 39.8 Å². The van der Waals surface area contributed by atoms with Gasteiger partial charge in [0.05, 0.1) is 5.69 Å². The lowest BCUT2D eigenvalue weighted by Crippen LogP contribution is -2.33. The molecule has 1 aromatic rings. The summed E-state index contributed by atoms with van der Waals surface area (Å²) in [5.41, 5.74) is 6.95. The number of nitrogens with two attached hydrogens (primary N) is 1. The first-order valence-corrected chi connectivity index (χ1v) is 7.22. The van der Waals surface area contributed by atoms with Crippen molar-refractivity contribution >= 4 is 17.6 Å². The minimum absolute atomic E-state index is 0.375. The molecule has 0 aliphatic carbocycles. The molecule has 0 atom stereocenters. The van der Waals surface area contributed by atoms with Gasteiger partial charge in [-0.25, -0.2) is 9.78 Å². The van der Waals surface area contributed by atoms with E-state index in [0.717, 1.165) is 30.9 Å². The third kappa shape index (κ3) is 7.39. The van der Waals surface area contributed by atoms with Crippen molar-refractivity contribution in [3.8, 4) is 0 Å². The molecule has 0 fully saturated rings. The standard InChI is InChI=1S/C15H26N4O2/c1-11-7-8-12(16)13(19-11)17-9-5-6-10-18-14(20)21-15(2,3)4/h7-8H,5-6,9-10,16H2,1-4H3,(H,17,19)(H,18,20). The summed E-state index contributed by atoms with van der Waals surface area (Å²) in [6.45, 7) is 8.81. The summed E-state index contributed by atoms with van der Waals surface area (Å²) in [4.78, 5) is 15.8. The maximum absolute atomic E-state index is 11.4. The Morgan fingerprint density at radius 2 is 1.95 bits per heavy atom. The second-order valence-electron chi connectivity index (χ2n) is 5.95. The molecule has 0 saturated heterocycles. The quantitative estimate of drug-likeness (QED) is 0.702. The molecule has 6 nitrogen and oxygen atoms in total. The fourth-order valence-corrected chi connectivity index (χ4v) is 1.67. The highest BCUT2D eigenvalue weighted by atomic mass is 16.6. The number of pyridine rings is 1. The smallest absolute Gasteiger partial charge is 0.407 e. The summed E-state index contributed by atoms with van der Waals surface area (Å²) >= 11 is 0. The number of unbranched alkanes of at least 4 members (excludes halogenated alkanes) is 1. The van der Waals surface area contributed by atoms with Crippen LogP contribution in [-0.4, -0.2) is 29.8 Å². The molecule has 4 N–H and O–H groups in total. The van der Waals surface area contributed by atoms with Crippen LogP contribution in [0.25, 0.3) is 0 Å². The van der Waals surface area contributed by atoms with Gasteiger partial charge < -0.3 is 21.1 Å². The van der Waals surface area contributed by atoms with Gasteiger partial charge in [0.2, 0.25) is 0 Å². The number of amides is 1. The lowest BCUT2D eigenvalue weighted by Gasteiger charge is -2.19. The predicted octanol–water partition coefficient (Wildman–Crippen LogP) is 2.69. The highest BCUT2D eigenvalue weighted by Gasteiger charge is 2.15. The molecule has 0 radical (unpaired) electrons. The van der Waals surface area contributed by atoms with Crippen LogP contribution in [0, 0.1) is 6.92 Å². The fraction of sp³-hybridized carbons (Fsp3) is 0.600. The summed E-state index contributed by atoms with van der Waals surface area (Å²) in [5.74, 6) is 0.718. The first-order chi connectivity index (χ1) is 9.78. The molecule has 0 spiro atoms. The minimum Gasteiger partial charge on any atom is -0.444 e. The third-order valence-corrected chi connectivity index (χ3v) is 2.63. The van der Waals surface area contributed by atoms with Crippen molar-refractivity contribution < 1.29 is 9.53 Å². The number of alkyl carbamates (subject to hydrolysis) is 1. The van der Waals surface area contributed by atoms with Crippen LogP contribution in [-0.2, 0) is 4.74 Å². The molecule has 0 unspecified atom stereocenters. The topological polar surface area (TPSA) is 89.3 Å². The summed E-state index contributed by atoms with van der Waals surface area (Å²) in [6.07, 6.45) is 1.39. The van der Waals surface area contributed by atoms with Gasteiger partial charge in [0.15, 0.2) is 0 Å². The number of hydrogen-bond donors (Lipinski definition) is 3. The monoisotopic (exact) mass is 294 g/mol. The molecule has 0 saturated carbocycles. The molecule has 0 aromatic carbocycles. The van der Waals surface area contributed by atoms with Gasteiger partial charge >= 0.3 is 6.09 Å². The lowest BCUT2D eigenvalue weighted by atomic mass is 10.2. The van der Waals surface area contributed by atoms with E-state index in [4.69, 9.17) is 10.5 Å². The van der Waals surface area contributed by atoms with E-state index in [9.17, 15) is 4.79 Å². The zero-order valence-electron chi connectivity index (χ0n) is 13.3. The molecular formula is C15H26N4O2. The van der Waals surface area contributed by atoms with Gasteiger partial charge in [0.25, 0.3) is 0 Å². The van der Waals surface area contributed by atoms with Crippen molar-refractivity contribution in [1.82, 2.24) is 10.3 Å². The molecular weight excluding hydrogens is 268 g/mol. The number of ether oxygens (including phenoxy) is 1. The minimum atomic E-state index is -0.458. The molecule has 118 valence electrons. The normalized spacial score (nSPS) is 11.0. The van der Waals surface area contributed by atoms with E-state index >= 15 is 0 Å². The van der Waals surface area contributed by atoms with Crippen LogP contribution in [0.1, 0.15) is 39.3 Å². The number of nitrogen functional groups attached to an aromatic ring is 1. The first kappa shape index (κ1) is 17.1. The van der Waals surface area contributed by atoms with Gasteiger partial charge in [-0.15, -0.1) is 0 Å². The number of carbonyl (C=O) groups is 1. The summed E-state index contributed by atoms with van der Waals surface area (Å²) < 4.78 is 5.15. The van der Waals surface area contributed by atoms with Gasteiger partial charge in [0.1, 0.15) is 11.4 Å². The second-order valence-corrected chi connectivity index (χ2v) is 5.95. The molecule has 1 aromatic heterocycles. The van der Waals surface area contributed by atoms with Crippen molar-refractivity contribution in [3.63, 3.8) is 0 Å². The van der Waals surface area contributed by atoms with E-state index in [2.05, 4.69) is 15.6 Å². The van der Waals surface area contributed by atoms with E-state index in [-0.39, 0.29) is 6.09 Å². The van der Waals surface area contributed by atoms with Crippen LogP contribution in [0.15, 0.2) is 12.1 Å². The van der Waals surface area contributed by atoms with Gasteiger partial charge in [-0.3, -0.25) is 0 Å². The molecule has 1 amide bonds. The van der Waals surface area contributed by atoms with Crippen molar-refractivity contribution in [2.24, 2.45) is 0 Å². The van der Waals surface area contributed by atoms with Crippen LogP contribution in [0.5, 0.6) is 0 Å². The van der Waals surface area contributed by atoms with Crippen LogP contribution in [0.3, 0.4) is 0 Å². The molecule has 0 aliphatic rings. The molecule has 0 aliphatic heterocycles. The first-order valence-electron chi connectivity index (χ1n) is 7.22. The number of aromatic nitrogens is 1. The predicted molar refractivity (Wildman–Crippen MR) is 85.3 cm³/mol. The Bertz CT molecular complexity index is 469. The van der Waals surface area contributed by atoms with Crippen molar-refractivity contribution in [1.29, 1.82) is 0 Å². The van der Waals surface area contributed by atoms with Crippen molar-refractivity contribution in [2.75, 3.05) is 24.1 Å². The van der Waals surface area contributed by atoms with E-state index in [1.165, 1.54) is 0 Å². The van der Waals surface area contributed by atoms with Gasteiger partial charge in [0, 0.05) is 18.8 Å². The average Bonchev–Trinajstić information content (AvgIpc) is 2.35. The maximum Gasteiger partial charge on any atom is 0.407 e. The number of nitrogens with one attached hydrogen (secondary N) is 2. The zero-order valence-corrected chi connectivity index (χ0v) is 13.3. The van der Waals surface area contributed by atoms with Crippen molar-refractivity contribution in [2.45, 2.75) is 46.1 Å². The summed E-state index contributed by atoms with van der Waals surface area (Å²) in [5, 5.41) is 5.93. The van der Waals surface area contributed by atoms with E-state index in [1.54, 1.807) is 0 Å². The van der Waals surface area contributed by atoms with Crippen LogP contribution in [0.4, 0.5) is 16.3 Å². The van der Waals surface area contributed by atoms with Gasteiger partial charge in [-0.05, 0) is 52.7 Å². The SMILES string of the molecule is Cc1ccc(N)c(NCCCCNC(=O)OC(C)(C)C)n1. The van der Waals surface area contributed by atoms with E-state index < -0.39 is 5.60 Å². The van der Waals surface area contributed by atoms with Crippen molar-refractivity contribution in [3.05, 3.63) is 17.8 Å². The van der Waals surface area contributed by atoms with Gasteiger partial charge in [-0.1, -0.05) is 0 Å². The molecule has 0 bridgehead atoms. The Hall–Kier alpha value is -1.98. The Kier molecular flexibility index (Phi) is 6.27. The number of anilines is 2. The Labute approximate surface area is 126 Å². The van der Waals surface area contributed by atoms with Crippen LogP contribution >= 0.6 is 0 Å². The van der Waals surface area contributed by atoms with Crippen LogP contribution < -0.4 is 16.4 Å². The highest BCUT2D eigenvalue weighted by molar-refractivity contribution is 5.67. The molecule has 1 heterocycles. The zero-order chi connectivity index (χ0) is 15.9. The molecule has 1 rings (SSSR count). The average molecular weight is 294 g/mol. The fourth-order valence-electron chi connectivity index (χ4n) is 1.67. The maximum atomic E-state index is 11.4. The number of aryl methyl sites for hydroxylation is 1. The lowest BCUT2D eigenvalue weighted by molar-refractivity contribution is 0.0527. The third-order valence-electron chi connectivity index (χ3n) is 2.63. The van der Waals surface area contributed by atoms with Gasteiger partial charge in [-0.2, -0.15) is 0 Å². The number of nitrogens with zero attached hydrogens (tertiary/aromatic N) is 1. The number of rotatable bonds is 6. The molecule has 21 heavy (non-hydrogen) atoms. The Morgan fingerprint density at radius 3 is 2.62 bits per heavy atom. The Morgan fingerprint density at radius 1 is 1.29 bits per heavy atom. The molecule has 6 heteroatoms. The summed E-state index contributed by atoms with van der Waals surface area (Å²) in [6, 6.07) is 3.72. The second kappa shape index (κ2) is 7.71. The Balaban J connectivity index is 2.15. The highest BCUT2D eigenvalue weighted by Crippen LogP contribution is 2.15. The largest absolute Gasteiger partial charge is 0.444 e. The van der Waals surface area contributed by atoms with Crippen LogP contribution in [0.2, 0.25) is 0 Å². The number of carbonyl (C=O) groups excluding carboxylic acids is 1. The number of hydrogen-bond acceptors (Lipinski definition) is 5. The summed E-state index contributed by atoms with van der Waals surface area (Å²) in [7, 11) is 0.